The van der Waals surface area contributed by atoms with Crippen molar-refractivity contribution < 1.29 is 28.6 Å². The van der Waals surface area contributed by atoms with E-state index >= 15 is 0 Å². The maximum Gasteiger partial charge on any atom is 0.303 e. The van der Waals surface area contributed by atoms with Crippen molar-refractivity contribution in [2.75, 3.05) is 0 Å². The van der Waals surface area contributed by atoms with Crippen LogP contribution in [0, 0.1) is 0 Å². The van der Waals surface area contributed by atoms with Gasteiger partial charge < -0.3 is 29.2 Å². The minimum atomic E-state index is -2.17. The van der Waals surface area contributed by atoms with E-state index in [0.717, 1.165) is 0 Å². The average molecular weight is 401 g/mol. The molecule has 5 atom stereocenters. The van der Waals surface area contributed by atoms with Crippen LogP contribution in [0.5, 0.6) is 0 Å². The highest BCUT2D eigenvalue weighted by atomic mass is 28.4. The van der Waals surface area contributed by atoms with Crippen LogP contribution in [0.1, 0.15) is 41.0 Å². The van der Waals surface area contributed by atoms with Crippen LogP contribution in [-0.2, 0) is 23.5 Å². The number of esters is 1. The molecule has 0 aromatic rings. The van der Waals surface area contributed by atoms with Gasteiger partial charge in [0.05, 0.1) is 6.10 Å². The number of hydrogen-bond acceptors (Lipinski definition) is 7. The molecular formula is C18H32N2O6Si. The van der Waals surface area contributed by atoms with E-state index in [1.54, 1.807) is 0 Å². The summed E-state index contributed by atoms with van der Waals surface area (Å²) in [7, 11) is -2.17. The highest BCUT2D eigenvalue weighted by molar-refractivity contribution is 6.74. The lowest BCUT2D eigenvalue weighted by molar-refractivity contribution is -0.172. The second-order valence-corrected chi connectivity index (χ2v) is 13.3. The molecule has 0 aromatic heterocycles. The van der Waals surface area contributed by atoms with Gasteiger partial charge in [-0.3, -0.25) is 9.59 Å². The monoisotopic (exact) mass is 400 g/mol. The third kappa shape index (κ3) is 4.71. The fourth-order valence-corrected chi connectivity index (χ4v) is 4.28. The van der Waals surface area contributed by atoms with Crippen molar-refractivity contribution in [2.24, 2.45) is 0 Å². The van der Waals surface area contributed by atoms with E-state index in [1.807, 2.05) is 6.92 Å². The highest BCUT2D eigenvalue weighted by Crippen LogP contribution is 2.41. The van der Waals surface area contributed by atoms with Crippen molar-refractivity contribution in [1.29, 1.82) is 0 Å². The molecule has 8 nitrogen and oxygen atoms in total. The third-order valence-corrected chi connectivity index (χ3v) is 9.95. The predicted octanol–water partition coefficient (Wildman–Crippen LogP) is 1.66. The van der Waals surface area contributed by atoms with E-state index in [4.69, 9.17) is 13.9 Å². The highest BCUT2D eigenvalue weighted by Gasteiger charge is 2.53. The minimum Gasteiger partial charge on any atom is -0.455 e. The Bertz CT molecular complexity index is 603. The van der Waals surface area contributed by atoms with Crippen LogP contribution in [0.25, 0.3) is 0 Å². The number of rotatable bonds is 5. The van der Waals surface area contributed by atoms with Gasteiger partial charge in [-0.1, -0.05) is 27.7 Å². The second kappa shape index (κ2) is 7.90. The van der Waals surface area contributed by atoms with Gasteiger partial charge >= 0.3 is 5.97 Å². The number of hydrogen-bond donors (Lipinski definition) is 2. The lowest BCUT2D eigenvalue weighted by atomic mass is 10.1. The van der Waals surface area contributed by atoms with Gasteiger partial charge in [-0.2, -0.15) is 0 Å². The van der Waals surface area contributed by atoms with Crippen LogP contribution in [0.2, 0.25) is 18.1 Å². The van der Waals surface area contributed by atoms with Crippen molar-refractivity contribution in [3.05, 3.63) is 12.3 Å². The predicted molar refractivity (Wildman–Crippen MR) is 102 cm³/mol. The summed E-state index contributed by atoms with van der Waals surface area (Å²) in [6, 6.07) is 0. The van der Waals surface area contributed by atoms with Gasteiger partial charge in [0.2, 0.25) is 12.3 Å². The van der Waals surface area contributed by atoms with Crippen LogP contribution in [0.15, 0.2) is 12.3 Å². The molecule has 27 heavy (non-hydrogen) atoms. The van der Waals surface area contributed by atoms with Crippen LogP contribution in [0.3, 0.4) is 0 Å². The third-order valence-electron chi connectivity index (χ3n) is 5.47. The van der Waals surface area contributed by atoms with Crippen molar-refractivity contribution in [3.63, 3.8) is 0 Å². The Hall–Kier alpha value is -1.42. The SMILES string of the molecule is CCC1OC(N2C=CC(=O)NC2O)C(OC(C)=O)C1O[Si](C)(C)C(C)(C)C. The molecule has 0 radical (unpaired) electrons. The van der Waals surface area contributed by atoms with Crippen molar-refractivity contribution in [2.45, 2.75) is 90.1 Å². The quantitative estimate of drug-likeness (QED) is 0.535. The van der Waals surface area contributed by atoms with Gasteiger partial charge in [-0.15, -0.1) is 0 Å². The number of aliphatic hydroxyl groups is 1. The summed E-state index contributed by atoms with van der Waals surface area (Å²) in [6.07, 6.45) is -0.107. The molecule has 5 unspecified atom stereocenters. The van der Waals surface area contributed by atoms with Crippen LogP contribution in [-0.4, -0.2) is 61.1 Å². The molecule has 0 bridgehead atoms. The van der Waals surface area contributed by atoms with E-state index in [-0.39, 0.29) is 11.1 Å². The summed E-state index contributed by atoms with van der Waals surface area (Å²) >= 11 is 0. The molecule has 154 valence electrons. The summed E-state index contributed by atoms with van der Waals surface area (Å²) in [5.41, 5.74) is 0. The molecule has 9 heteroatoms. The molecule has 1 fully saturated rings. The van der Waals surface area contributed by atoms with E-state index in [9.17, 15) is 14.7 Å². The van der Waals surface area contributed by atoms with Gasteiger partial charge in [0, 0.05) is 19.2 Å². The van der Waals surface area contributed by atoms with E-state index < -0.39 is 45.0 Å². The number of ether oxygens (including phenoxy) is 2. The average Bonchev–Trinajstić information content (AvgIpc) is 2.83. The lowest BCUT2D eigenvalue weighted by Crippen LogP contribution is -2.57. The molecule has 1 saturated heterocycles. The van der Waals surface area contributed by atoms with Crippen molar-refractivity contribution in [1.82, 2.24) is 10.2 Å². The Morgan fingerprint density at radius 1 is 1.37 bits per heavy atom. The normalized spacial score (nSPS) is 31.8. The molecule has 2 N–H and O–H groups in total. The van der Waals surface area contributed by atoms with Crippen molar-refractivity contribution >= 4 is 20.2 Å². The number of carbonyl (C=O) groups excluding carboxylic acids is 2. The summed E-state index contributed by atoms with van der Waals surface area (Å²) in [4.78, 5) is 24.7. The lowest BCUT2D eigenvalue weighted by Gasteiger charge is -2.41. The molecule has 0 aliphatic carbocycles. The number of nitrogens with one attached hydrogen (secondary N) is 1. The van der Waals surface area contributed by atoms with Crippen LogP contribution in [0.4, 0.5) is 0 Å². The number of amides is 1. The molecule has 2 aliphatic rings. The van der Waals surface area contributed by atoms with Crippen molar-refractivity contribution in [3.8, 4) is 0 Å². The number of nitrogens with zero attached hydrogens (tertiary/aromatic N) is 1. The Kier molecular flexibility index (Phi) is 6.40. The van der Waals surface area contributed by atoms with Gasteiger partial charge in [-0.05, 0) is 24.6 Å². The first-order chi connectivity index (χ1) is 12.4. The van der Waals surface area contributed by atoms with Crippen LogP contribution >= 0.6 is 0 Å². The maximum atomic E-state index is 11.8. The van der Waals surface area contributed by atoms with Crippen LogP contribution < -0.4 is 5.32 Å². The first-order valence-electron chi connectivity index (χ1n) is 9.32. The van der Waals surface area contributed by atoms with Gasteiger partial charge in [0.25, 0.3) is 0 Å². The Balaban J connectivity index is 2.35. The first kappa shape index (κ1) is 21.9. The molecule has 2 aliphatic heterocycles. The van der Waals surface area contributed by atoms with Gasteiger partial charge in [0.1, 0.15) is 6.10 Å². The van der Waals surface area contributed by atoms with E-state index in [2.05, 4.69) is 39.2 Å². The summed E-state index contributed by atoms with van der Waals surface area (Å²) < 4.78 is 18.3. The summed E-state index contributed by atoms with van der Waals surface area (Å²) in [5.74, 6) is -0.851. The molecule has 0 aromatic carbocycles. The topological polar surface area (TPSA) is 97.3 Å². The standard InChI is InChI=1S/C18H32N2O6Si/c1-8-12-14(26-27(6,7)18(3,4)5)15(24-11(2)21)16(25-12)20-10-9-13(22)19-17(20)23/h9-10,12,14-17,23H,8H2,1-7H3,(H,19,22). The zero-order valence-corrected chi connectivity index (χ0v) is 18.2. The minimum absolute atomic E-state index is 0.0251. The Morgan fingerprint density at radius 2 is 2.00 bits per heavy atom. The largest absolute Gasteiger partial charge is 0.455 e. The number of aliphatic hydroxyl groups excluding tert-OH is 1. The first-order valence-corrected chi connectivity index (χ1v) is 12.2. The zero-order valence-electron chi connectivity index (χ0n) is 17.2. The van der Waals surface area contributed by atoms with E-state index in [1.165, 1.54) is 24.1 Å². The molecule has 2 heterocycles. The fraction of sp³-hybridized carbons (Fsp3) is 0.778. The molecule has 1 amide bonds. The van der Waals surface area contributed by atoms with E-state index in [0.29, 0.717) is 6.42 Å². The number of carbonyl (C=O) groups is 2. The Labute approximate surface area is 162 Å². The molecular weight excluding hydrogens is 368 g/mol. The molecule has 0 spiro atoms. The summed E-state index contributed by atoms with van der Waals surface area (Å²) in [5, 5.41) is 12.6. The van der Waals surface area contributed by atoms with Gasteiger partial charge in [0.15, 0.2) is 20.6 Å². The molecule has 0 saturated carbocycles. The zero-order chi connectivity index (χ0) is 20.6. The smallest absolute Gasteiger partial charge is 0.303 e. The fourth-order valence-electron chi connectivity index (χ4n) is 2.96. The summed E-state index contributed by atoms with van der Waals surface area (Å²) in [6.45, 7) is 14.0. The molecule has 2 rings (SSSR count). The second-order valence-electron chi connectivity index (χ2n) is 8.54. The Morgan fingerprint density at radius 3 is 2.48 bits per heavy atom. The maximum absolute atomic E-state index is 11.8. The van der Waals surface area contributed by atoms with Gasteiger partial charge in [-0.25, -0.2) is 0 Å².